The third-order valence-corrected chi connectivity index (χ3v) is 5.74. The van der Waals surface area contributed by atoms with Crippen molar-refractivity contribution in [1.29, 1.82) is 0 Å². The summed E-state index contributed by atoms with van der Waals surface area (Å²) in [5, 5.41) is 0.489. The Morgan fingerprint density at radius 3 is 2.73 bits per heavy atom. The number of carbonyl (C=O) groups is 1. The predicted molar refractivity (Wildman–Crippen MR) is 107 cm³/mol. The number of hydrogen-bond donors (Lipinski definition) is 1. The van der Waals surface area contributed by atoms with Gasteiger partial charge in [-0.25, -0.2) is 22.9 Å². The van der Waals surface area contributed by atoms with E-state index in [1.165, 1.54) is 19.4 Å². The molecule has 1 N–H and O–H groups in total. The van der Waals surface area contributed by atoms with Gasteiger partial charge < -0.3 is 18.5 Å². The quantitative estimate of drug-likeness (QED) is 0.413. The van der Waals surface area contributed by atoms with Gasteiger partial charge in [0.25, 0.3) is 10.0 Å². The van der Waals surface area contributed by atoms with Crippen LogP contribution in [0.4, 0.5) is 0 Å². The van der Waals surface area contributed by atoms with Crippen LogP contribution in [0.2, 0.25) is 0 Å². The fourth-order valence-electron chi connectivity index (χ4n) is 2.70. The maximum atomic E-state index is 12.2. The van der Waals surface area contributed by atoms with Crippen molar-refractivity contribution in [3.8, 4) is 5.75 Å². The molecule has 30 heavy (non-hydrogen) atoms. The summed E-state index contributed by atoms with van der Waals surface area (Å²) in [7, 11) is -0.644. The summed E-state index contributed by atoms with van der Waals surface area (Å²) in [5.74, 6) is 0.451. The Bertz CT molecular complexity index is 1230. The van der Waals surface area contributed by atoms with Gasteiger partial charge in [-0.3, -0.25) is 4.79 Å². The molecule has 3 rings (SSSR count). The molecule has 3 aromatic rings. The number of hydrogen-bond acceptors (Lipinski definition) is 8. The van der Waals surface area contributed by atoms with E-state index in [-0.39, 0.29) is 24.6 Å². The van der Waals surface area contributed by atoms with E-state index < -0.39 is 21.6 Å². The SMILES string of the molecule is COc1ccc2c(COC(=O)CCNS(=O)(=O)c3cn(C)c(C)n3)cc(=O)oc2c1. The number of carbonyl (C=O) groups excluding carboxylic acids is 1. The number of rotatable bonds is 8. The van der Waals surface area contributed by atoms with Crippen LogP contribution in [0.25, 0.3) is 11.0 Å². The molecule has 0 atom stereocenters. The van der Waals surface area contributed by atoms with E-state index >= 15 is 0 Å². The third kappa shape index (κ3) is 4.86. The van der Waals surface area contributed by atoms with Gasteiger partial charge in [0, 0.05) is 42.9 Å². The molecule has 0 bridgehead atoms. The Morgan fingerprint density at radius 2 is 2.07 bits per heavy atom. The number of nitrogens with zero attached hydrogens (tertiary/aromatic N) is 2. The van der Waals surface area contributed by atoms with Crippen LogP contribution in [-0.4, -0.2) is 37.6 Å². The van der Waals surface area contributed by atoms with Gasteiger partial charge in [0.1, 0.15) is 23.8 Å². The Kier molecular flexibility index (Phi) is 6.22. The summed E-state index contributed by atoms with van der Waals surface area (Å²) >= 11 is 0. The standard InChI is InChI=1S/C19H21N3O7S/c1-12-21-17(10-22(12)2)30(25,26)20-7-6-18(23)28-11-13-8-19(24)29-16-9-14(27-3)4-5-15(13)16/h4-5,8-10,20H,6-7,11H2,1-3H3. The first-order valence-electron chi connectivity index (χ1n) is 8.95. The minimum absolute atomic E-state index is 0.117. The van der Waals surface area contributed by atoms with Crippen LogP contribution in [0.1, 0.15) is 17.8 Å². The Morgan fingerprint density at radius 1 is 1.30 bits per heavy atom. The van der Waals surface area contributed by atoms with Crippen molar-refractivity contribution in [2.24, 2.45) is 7.05 Å². The topological polar surface area (TPSA) is 130 Å². The van der Waals surface area contributed by atoms with E-state index in [0.29, 0.717) is 28.1 Å². The second-order valence-corrected chi connectivity index (χ2v) is 8.21. The lowest BCUT2D eigenvalue weighted by atomic mass is 10.1. The summed E-state index contributed by atoms with van der Waals surface area (Å²) < 4.78 is 43.7. The van der Waals surface area contributed by atoms with Gasteiger partial charge in [-0.2, -0.15) is 0 Å². The lowest BCUT2D eigenvalue weighted by Crippen LogP contribution is -2.27. The van der Waals surface area contributed by atoms with Crippen molar-refractivity contribution in [2.45, 2.75) is 25.0 Å². The van der Waals surface area contributed by atoms with Gasteiger partial charge in [-0.1, -0.05) is 0 Å². The smallest absolute Gasteiger partial charge is 0.336 e. The van der Waals surface area contributed by atoms with Crippen molar-refractivity contribution >= 4 is 27.0 Å². The summed E-state index contributed by atoms with van der Waals surface area (Å²) in [6.07, 6.45) is 1.20. The number of aryl methyl sites for hydroxylation is 2. The first-order chi connectivity index (χ1) is 14.2. The first-order valence-corrected chi connectivity index (χ1v) is 10.4. The van der Waals surface area contributed by atoms with E-state index in [0.717, 1.165) is 0 Å². The number of imidazole rings is 1. The summed E-state index contributed by atoms with van der Waals surface area (Å²) in [4.78, 5) is 27.7. The highest BCUT2D eigenvalue weighted by Gasteiger charge is 2.18. The molecule has 1 aromatic carbocycles. The molecule has 0 amide bonds. The molecule has 2 aromatic heterocycles. The molecule has 0 saturated heterocycles. The van der Waals surface area contributed by atoms with Crippen LogP contribution in [0, 0.1) is 6.92 Å². The highest BCUT2D eigenvalue weighted by Crippen LogP contribution is 2.23. The van der Waals surface area contributed by atoms with Gasteiger partial charge in [-0.15, -0.1) is 0 Å². The number of benzene rings is 1. The normalized spacial score (nSPS) is 11.6. The second-order valence-electron chi connectivity index (χ2n) is 6.50. The number of ether oxygens (including phenoxy) is 2. The molecular formula is C19H21N3O7S. The van der Waals surface area contributed by atoms with Crippen LogP contribution in [0.15, 0.2) is 44.7 Å². The van der Waals surface area contributed by atoms with Crippen molar-refractivity contribution < 1.29 is 27.1 Å². The summed E-state index contributed by atoms with van der Waals surface area (Å²) in [6, 6.07) is 6.20. The zero-order valence-corrected chi connectivity index (χ0v) is 17.5. The minimum atomic E-state index is -3.82. The van der Waals surface area contributed by atoms with Crippen molar-refractivity contribution in [3.05, 3.63) is 52.3 Å². The van der Waals surface area contributed by atoms with Crippen molar-refractivity contribution in [3.63, 3.8) is 0 Å². The van der Waals surface area contributed by atoms with Crippen LogP contribution >= 0.6 is 0 Å². The van der Waals surface area contributed by atoms with Crippen molar-refractivity contribution in [2.75, 3.05) is 13.7 Å². The summed E-state index contributed by atoms with van der Waals surface area (Å²) in [5.41, 5.74) is 0.202. The highest BCUT2D eigenvalue weighted by molar-refractivity contribution is 7.89. The molecule has 11 heteroatoms. The molecule has 10 nitrogen and oxygen atoms in total. The number of fused-ring (bicyclic) bond motifs is 1. The first kappa shape index (κ1) is 21.5. The number of aromatic nitrogens is 2. The minimum Gasteiger partial charge on any atom is -0.497 e. The van der Waals surface area contributed by atoms with Gasteiger partial charge in [-0.05, 0) is 19.1 Å². The van der Waals surface area contributed by atoms with Gasteiger partial charge >= 0.3 is 11.6 Å². The van der Waals surface area contributed by atoms with Crippen molar-refractivity contribution in [1.82, 2.24) is 14.3 Å². The lowest BCUT2D eigenvalue weighted by Gasteiger charge is -2.08. The molecule has 0 aliphatic rings. The maximum absolute atomic E-state index is 12.2. The van der Waals surface area contributed by atoms with Gasteiger partial charge in [0.05, 0.1) is 13.5 Å². The molecule has 0 unspecified atom stereocenters. The highest BCUT2D eigenvalue weighted by atomic mass is 32.2. The van der Waals surface area contributed by atoms with Gasteiger partial charge in [0.2, 0.25) is 0 Å². The molecule has 0 fully saturated rings. The Hall–Kier alpha value is -3.18. The van der Waals surface area contributed by atoms with E-state index in [1.807, 2.05) is 0 Å². The maximum Gasteiger partial charge on any atom is 0.336 e. The largest absolute Gasteiger partial charge is 0.497 e. The zero-order valence-electron chi connectivity index (χ0n) is 16.7. The fraction of sp³-hybridized carbons (Fsp3) is 0.316. The van der Waals surface area contributed by atoms with Crippen LogP contribution in [0.5, 0.6) is 5.75 Å². The van der Waals surface area contributed by atoms with E-state index in [9.17, 15) is 18.0 Å². The van der Waals surface area contributed by atoms with E-state index in [2.05, 4.69) is 9.71 Å². The molecule has 0 aliphatic carbocycles. The van der Waals surface area contributed by atoms with E-state index in [1.54, 1.807) is 36.7 Å². The average Bonchev–Trinajstić information content (AvgIpc) is 3.04. The van der Waals surface area contributed by atoms with Gasteiger partial charge in [0.15, 0.2) is 5.03 Å². The third-order valence-electron chi connectivity index (χ3n) is 4.41. The second kappa shape index (κ2) is 8.67. The number of esters is 1. The molecule has 0 aliphatic heterocycles. The number of nitrogens with one attached hydrogen (secondary N) is 1. The van der Waals surface area contributed by atoms with Crippen LogP contribution in [-0.2, 0) is 33.2 Å². The molecule has 160 valence electrons. The molecular weight excluding hydrogens is 414 g/mol. The number of sulfonamides is 1. The zero-order chi connectivity index (χ0) is 21.9. The molecule has 2 heterocycles. The monoisotopic (exact) mass is 435 g/mol. The Labute approximate surface area is 172 Å². The van der Waals surface area contributed by atoms with E-state index in [4.69, 9.17) is 13.9 Å². The van der Waals surface area contributed by atoms with Crippen LogP contribution in [0.3, 0.4) is 0 Å². The molecule has 0 radical (unpaired) electrons. The van der Waals surface area contributed by atoms with Crippen LogP contribution < -0.4 is 15.1 Å². The molecule has 0 saturated carbocycles. The molecule has 0 spiro atoms. The predicted octanol–water partition coefficient (Wildman–Crippen LogP) is 1.26. The summed E-state index contributed by atoms with van der Waals surface area (Å²) in [6.45, 7) is 1.38. The lowest BCUT2D eigenvalue weighted by molar-refractivity contribution is -0.144. The fourth-order valence-corrected chi connectivity index (χ4v) is 3.77. The Balaban J connectivity index is 1.59. The number of methoxy groups -OCH3 is 1. The average molecular weight is 435 g/mol.